The molecule has 2 heterocycles. The smallest absolute Gasteiger partial charge is 0.168 e. The monoisotopic (exact) mass is 409 g/mol. The summed E-state index contributed by atoms with van der Waals surface area (Å²) in [6, 6.07) is 4.30. The number of thioether (sulfide) groups is 1. The van der Waals surface area contributed by atoms with Crippen LogP contribution in [-0.4, -0.2) is 28.3 Å². The second kappa shape index (κ2) is 6.41. The lowest BCUT2D eigenvalue weighted by Gasteiger charge is -2.29. The molecule has 0 atom stereocenters. The van der Waals surface area contributed by atoms with Crippen LogP contribution < -0.4 is 17.0 Å². The first kappa shape index (κ1) is 19.4. The van der Waals surface area contributed by atoms with E-state index < -0.39 is 0 Å². The van der Waals surface area contributed by atoms with Gasteiger partial charge < -0.3 is 27.0 Å². The number of hydrogen-bond donors (Lipinski definition) is 1. The number of hydrogen-bond acceptors (Lipinski definition) is 4. The molecule has 1 aromatic carbocycles. The number of nitrogens with zero attached hydrogens (tertiary/aromatic N) is 2. The molecule has 0 aliphatic carbocycles. The standard InChI is InChI=1S/C19H26N2OS.BrH/c1-18(2,3)13-9-12(10-14(16(13)22)19(4,5)6)15-11-23-17-20-7-8-21(15)17;/h9-11,22H,7-8H2,1-6H3;1H/p-1. The van der Waals surface area contributed by atoms with Crippen LogP contribution in [0.15, 0.2) is 22.5 Å². The Morgan fingerprint density at radius 2 is 1.58 bits per heavy atom. The molecule has 24 heavy (non-hydrogen) atoms. The molecule has 3 nitrogen and oxygen atoms in total. The summed E-state index contributed by atoms with van der Waals surface area (Å²) >= 11 is 1.70. The number of aromatic hydroxyl groups is 1. The molecule has 0 radical (unpaired) electrons. The minimum atomic E-state index is -0.103. The van der Waals surface area contributed by atoms with Crippen LogP contribution in [0.1, 0.15) is 58.2 Å². The van der Waals surface area contributed by atoms with Crippen LogP contribution in [0.5, 0.6) is 5.75 Å². The van der Waals surface area contributed by atoms with Gasteiger partial charge in [0.2, 0.25) is 0 Å². The number of benzene rings is 1. The van der Waals surface area contributed by atoms with Gasteiger partial charge in [-0.15, -0.1) is 0 Å². The van der Waals surface area contributed by atoms with Crippen LogP contribution >= 0.6 is 11.8 Å². The number of phenols is 1. The topological polar surface area (TPSA) is 35.8 Å². The quantitative estimate of drug-likeness (QED) is 0.766. The fourth-order valence-electron chi connectivity index (χ4n) is 3.07. The molecule has 0 saturated carbocycles. The van der Waals surface area contributed by atoms with Gasteiger partial charge in [0.25, 0.3) is 0 Å². The first-order valence-corrected chi connectivity index (χ1v) is 9.04. The second-order valence-electron chi connectivity index (χ2n) is 8.36. The van der Waals surface area contributed by atoms with Gasteiger partial charge in [-0.25, -0.2) is 0 Å². The van der Waals surface area contributed by atoms with Crippen molar-refractivity contribution in [2.45, 2.75) is 52.4 Å². The van der Waals surface area contributed by atoms with Crippen molar-refractivity contribution in [1.82, 2.24) is 4.90 Å². The summed E-state index contributed by atoms with van der Waals surface area (Å²) in [6.45, 7) is 14.7. The first-order chi connectivity index (χ1) is 10.6. The van der Waals surface area contributed by atoms with Gasteiger partial charge >= 0.3 is 0 Å². The Morgan fingerprint density at radius 1 is 1.04 bits per heavy atom. The van der Waals surface area contributed by atoms with E-state index in [0.29, 0.717) is 5.75 Å². The maximum atomic E-state index is 10.9. The molecule has 0 spiro atoms. The molecule has 132 valence electrons. The van der Waals surface area contributed by atoms with Crippen LogP contribution in [0.2, 0.25) is 0 Å². The van der Waals surface area contributed by atoms with Gasteiger partial charge in [0.05, 0.1) is 12.2 Å². The van der Waals surface area contributed by atoms with Gasteiger partial charge in [-0.2, -0.15) is 0 Å². The fraction of sp³-hybridized carbons (Fsp3) is 0.526. The Bertz CT molecular complexity index is 676. The van der Waals surface area contributed by atoms with Crippen molar-refractivity contribution < 1.29 is 22.1 Å². The van der Waals surface area contributed by atoms with Gasteiger partial charge in [-0.05, 0) is 28.5 Å². The summed E-state index contributed by atoms with van der Waals surface area (Å²) in [5.74, 6) is 0.440. The van der Waals surface area contributed by atoms with Crippen LogP contribution in [0.4, 0.5) is 0 Å². The number of fused-ring (bicyclic) bond motifs is 1. The average Bonchev–Trinajstić information content (AvgIpc) is 2.98. The summed E-state index contributed by atoms with van der Waals surface area (Å²) in [5, 5.41) is 14.1. The molecule has 3 rings (SSSR count). The molecule has 0 unspecified atom stereocenters. The Balaban J connectivity index is 0.00000208. The molecule has 1 aromatic rings. The van der Waals surface area contributed by atoms with Gasteiger partial charge in [-0.3, -0.25) is 4.99 Å². The third kappa shape index (κ3) is 3.38. The van der Waals surface area contributed by atoms with Crippen molar-refractivity contribution in [2.24, 2.45) is 4.99 Å². The normalized spacial score (nSPS) is 17.3. The maximum Gasteiger partial charge on any atom is 0.168 e. The molecule has 0 bridgehead atoms. The molecule has 0 fully saturated rings. The first-order valence-electron chi connectivity index (χ1n) is 8.16. The van der Waals surface area contributed by atoms with Crippen LogP contribution in [0.3, 0.4) is 0 Å². The highest BCUT2D eigenvalue weighted by Gasteiger charge is 2.31. The van der Waals surface area contributed by atoms with Crippen LogP contribution in [0, 0.1) is 0 Å². The molecular weight excluding hydrogens is 384 g/mol. The predicted molar refractivity (Wildman–Crippen MR) is 100 cm³/mol. The largest absolute Gasteiger partial charge is 1.00 e. The highest BCUT2D eigenvalue weighted by molar-refractivity contribution is 8.16. The SMILES string of the molecule is CC(C)(C)c1cc(C2=CSC3=NCCN23)cc(C(C)(C)C)c1O.[Br-]. The zero-order valence-electron chi connectivity index (χ0n) is 15.3. The lowest BCUT2D eigenvalue weighted by Crippen LogP contribution is -3.00. The fourth-order valence-corrected chi connectivity index (χ4v) is 4.04. The van der Waals surface area contributed by atoms with E-state index in [1.807, 2.05) is 0 Å². The number of aliphatic imine (C=N–C) groups is 1. The Hall–Kier alpha value is -0.940. The second-order valence-corrected chi connectivity index (χ2v) is 9.19. The van der Waals surface area contributed by atoms with Crippen molar-refractivity contribution in [3.8, 4) is 5.75 Å². The zero-order chi connectivity index (χ0) is 17.0. The highest BCUT2D eigenvalue weighted by atomic mass is 79.9. The molecule has 0 saturated heterocycles. The molecule has 5 heteroatoms. The van der Waals surface area contributed by atoms with Crippen molar-refractivity contribution in [3.63, 3.8) is 0 Å². The minimum Gasteiger partial charge on any atom is -1.00 e. The van der Waals surface area contributed by atoms with E-state index in [1.54, 1.807) is 11.8 Å². The molecule has 2 aliphatic rings. The van der Waals surface area contributed by atoms with E-state index in [-0.39, 0.29) is 27.8 Å². The summed E-state index contributed by atoms with van der Waals surface area (Å²) in [4.78, 5) is 6.83. The van der Waals surface area contributed by atoms with Crippen LogP contribution in [-0.2, 0) is 10.8 Å². The van der Waals surface area contributed by atoms with Crippen molar-refractivity contribution in [2.75, 3.05) is 13.1 Å². The molecule has 2 aliphatic heterocycles. The molecular formula is C19H26BrN2OS-. The molecule has 0 aromatic heterocycles. The van der Waals surface area contributed by atoms with Crippen molar-refractivity contribution in [3.05, 3.63) is 34.2 Å². The van der Waals surface area contributed by atoms with Gasteiger partial charge in [-0.1, -0.05) is 53.3 Å². The van der Waals surface area contributed by atoms with E-state index in [1.165, 1.54) is 11.3 Å². The van der Waals surface area contributed by atoms with Crippen LogP contribution in [0.25, 0.3) is 5.70 Å². The maximum absolute atomic E-state index is 10.9. The zero-order valence-corrected chi connectivity index (χ0v) is 17.7. The van der Waals surface area contributed by atoms with E-state index in [0.717, 1.165) is 29.4 Å². The molecule has 0 amide bonds. The molecule has 1 N–H and O–H groups in total. The number of halogens is 1. The third-order valence-electron chi connectivity index (χ3n) is 4.39. The predicted octanol–water partition coefficient (Wildman–Crippen LogP) is 1.71. The Kier molecular flexibility index (Phi) is 5.18. The third-order valence-corrected chi connectivity index (χ3v) is 5.29. The Labute approximate surface area is 160 Å². The lowest BCUT2D eigenvalue weighted by atomic mass is 9.78. The van der Waals surface area contributed by atoms with Gasteiger partial charge in [0, 0.05) is 23.1 Å². The summed E-state index contributed by atoms with van der Waals surface area (Å²) in [7, 11) is 0. The average molecular weight is 410 g/mol. The number of phenolic OH excluding ortho intramolecular Hbond substituents is 1. The summed E-state index contributed by atoms with van der Waals surface area (Å²) in [6.07, 6.45) is 0. The van der Waals surface area contributed by atoms with Crippen molar-refractivity contribution in [1.29, 1.82) is 0 Å². The van der Waals surface area contributed by atoms with Crippen molar-refractivity contribution >= 4 is 22.6 Å². The van der Waals surface area contributed by atoms with E-state index in [9.17, 15) is 5.11 Å². The summed E-state index contributed by atoms with van der Waals surface area (Å²) < 4.78 is 0. The van der Waals surface area contributed by atoms with Gasteiger partial charge in [0.15, 0.2) is 5.17 Å². The van der Waals surface area contributed by atoms with E-state index in [2.05, 4.69) is 69.0 Å². The minimum absolute atomic E-state index is 0. The van der Waals surface area contributed by atoms with Gasteiger partial charge in [0.1, 0.15) is 5.75 Å². The number of amidine groups is 1. The summed E-state index contributed by atoms with van der Waals surface area (Å²) in [5.41, 5.74) is 4.20. The van der Waals surface area contributed by atoms with E-state index >= 15 is 0 Å². The highest BCUT2D eigenvalue weighted by Crippen LogP contribution is 2.43. The Morgan fingerprint density at radius 3 is 2.08 bits per heavy atom. The lowest BCUT2D eigenvalue weighted by molar-refractivity contribution is -0.00000679. The number of rotatable bonds is 1. The van der Waals surface area contributed by atoms with E-state index in [4.69, 9.17) is 0 Å².